The first-order valence-corrected chi connectivity index (χ1v) is 18.1. The van der Waals surface area contributed by atoms with Crippen molar-refractivity contribution in [1.82, 2.24) is 14.1 Å². The summed E-state index contributed by atoms with van der Waals surface area (Å²) in [6, 6.07) is 56.6. The third kappa shape index (κ3) is 4.63. The van der Waals surface area contributed by atoms with Gasteiger partial charge < -0.3 is 13.6 Å². The predicted molar refractivity (Wildman–Crippen MR) is 220 cm³/mol. The van der Waals surface area contributed by atoms with Crippen LogP contribution in [0.25, 0.3) is 99.2 Å². The van der Waals surface area contributed by atoms with E-state index in [0.717, 1.165) is 93.8 Å². The summed E-state index contributed by atoms with van der Waals surface area (Å²) in [4.78, 5) is 4.47. The molecule has 0 unspecified atom stereocenters. The SMILES string of the molecule is N#Cc1ccc(-c2ccc(-n3c4ccccc4c4cc5oc6ccc(-c7ccc8c(c7)c7ccncc7n8-c7ccccc7)cc6c5cc43)cc2)cc1C#N. The molecule has 0 N–H and O–H groups in total. The summed E-state index contributed by atoms with van der Waals surface area (Å²) in [5.74, 6) is 0. The number of hydrogen-bond donors (Lipinski definition) is 0. The van der Waals surface area contributed by atoms with E-state index >= 15 is 0 Å². The zero-order valence-electron chi connectivity index (χ0n) is 29.2. The van der Waals surface area contributed by atoms with Gasteiger partial charge >= 0.3 is 0 Å². The van der Waals surface area contributed by atoms with Crippen LogP contribution in [0.2, 0.25) is 0 Å². The Balaban J connectivity index is 1.06. The first-order chi connectivity index (χ1) is 27.2. The topological polar surface area (TPSA) is 83.5 Å². The number of pyridine rings is 1. The molecule has 0 saturated heterocycles. The number of fused-ring (bicyclic) bond motifs is 9. The molecular formula is C49H27N5O. The molecule has 4 heterocycles. The second-order valence-corrected chi connectivity index (χ2v) is 13.9. The Labute approximate surface area is 314 Å². The standard InChI is InChI=1S/C49H27N5O/c50-27-34-11-10-31(22-35(34)28-51)30-12-16-37(17-13-30)53-44-9-5-4-8-38(44)41-26-49-43(25-46(41)53)42-24-33(15-19-48(42)55-49)32-14-18-45-40(23-32)39-20-21-52-29-47(39)54(45)36-6-2-1-3-7-36/h1-26,29H. The normalized spacial score (nSPS) is 11.6. The predicted octanol–water partition coefficient (Wildman–Crippen LogP) is 12.3. The highest BCUT2D eigenvalue weighted by atomic mass is 16.3. The van der Waals surface area contributed by atoms with Crippen LogP contribution in [0.5, 0.6) is 0 Å². The first-order valence-electron chi connectivity index (χ1n) is 18.1. The Bertz CT molecular complexity index is 3440. The van der Waals surface area contributed by atoms with E-state index in [1.165, 1.54) is 5.39 Å². The van der Waals surface area contributed by atoms with Gasteiger partial charge in [0.1, 0.15) is 23.3 Å². The van der Waals surface area contributed by atoms with Crippen molar-refractivity contribution in [3.05, 3.63) is 175 Å². The largest absolute Gasteiger partial charge is 0.456 e. The van der Waals surface area contributed by atoms with E-state index in [2.05, 4.69) is 154 Å². The number of aromatic nitrogens is 3. The van der Waals surface area contributed by atoms with Gasteiger partial charge in [-0.2, -0.15) is 10.5 Å². The minimum absolute atomic E-state index is 0.375. The molecule has 254 valence electrons. The van der Waals surface area contributed by atoms with E-state index in [0.29, 0.717) is 11.1 Å². The van der Waals surface area contributed by atoms with Crippen LogP contribution in [0.15, 0.2) is 168 Å². The summed E-state index contributed by atoms with van der Waals surface area (Å²) < 4.78 is 11.1. The zero-order valence-corrected chi connectivity index (χ0v) is 29.2. The average molecular weight is 702 g/mol. The Morgan fingerprint density at radius 3 is 1.87 bits per heavy atom. The molecule has 0 saturated carbocycles. The first kappa shape index (κ1) is 30.7. The van der Waals surface area contributed by atoms with Crippen molar-refractivity contribution < 1.29 is 4.42 Å². The van der Waals surface area contributed by atoms with E-state index in [4.69, 9.17) is 4.42 Å². The van der Waals surface area contributed by atoms with Gasteiger partial charge in [-0.25, -0.2) is 0 Å². The number of para-hydroxylation sites is 2. The van der Waals surface area contributed by atoms with Crippen molar-refractivity contribution in [2.75, 3.05) is 0 Å². The molecule has 7 aromatic carbocycles. The fourth-order valence-corrected chi connectivity index (χ4v) is 8.32. The van der Waals surface area contributed by atoms with Gasteiger partial charge in [0.15, 0.2) is 0 Å². The highest BCUT2D eigenvalue weighted by molar-refractivity contribution is 6.18. The minimum atomic E-state index is 0.375. The molecule has 4 aromatic heterocycles. The molecule has 0 fully saturated rings. The van der Waals surface area contributed by atoms with Gasteiger partial charge in [0.05, 0.1) is 39.4 Å². The summed E-state index contributed by atoms with van der Waals surface area (Å²) in [5.41, 5.74) is 13.1. The van der Waals surface area contributed by atoms with Crippen LogP contribution in [0.1, 0.15) is 11.1 Å². The average Bonchev–Trinajstić information content (AvgIpc) is 3.89. The Morgan fingerprint density at radius 2 is 1.04 bits per heavy atom. The fraction of sp³-hybridized carbons (Fsp3) is 0. The van der Waals surface area contributed by atoms with Gasteiger partial charge in [-0.15, -0.1) is 0 Å². The number of nitrogens with zero attached hydrogens (tertiary/aromatic N) is 5. The van der Waals surface area contributed by atoms with Gasteiger partial charge in [-0.05, 0) is 107 Å². The molecule has 0 aliphatic carbocycles. The summed E-state index contributed by atoms with van der Waals surface area (Å²) in [5, 5.41) is 25.7. The number of rotatable bonds is 4. The fourth-order valence-electron chi connectivity index (χ4n) is 8.32. The molecule has 55 heavy (non-hydrogen) atoms. The van der Waals surface area contributed by atoms with E-state index < -0.39 is 0 Å². The van der Waals surface area contributed by atoms with Crippen molar-refractivity contribution >= 4 is 65.6 Å². The number of furan rings is 1. The molecule has 0 aliphatic heterocycles. The molecule has 11 aromatic rings. The molecule has 11 rings (SSSR count). The third-order valence-corrected chi connectivity index (χ3v) is 10.9. The molecule has 0 spiro atoms. The summed E-state index contributed by atoms with van der Waals surface area (Å²) in [6.45, 7) is 0. The monoisotopic (exact) mass is 701 g/mol. The second kappa shape index (κ2) is 11.8. The molecule has 6 heteroatoms. The van der Waals surface area contributed by atoms with Crippen LogP contribution in [-0.4, -0.2) is 14.1 Å². The zero-order chi connectivity index (χ0) is 36.6. The van der Waals surface area contributed by atoms with Gasteiger partial charge in [0, 0.05) is 49.9 Å². The van der Waals surface area contributed by atoms with Gasteiger partial charge in [-0.3, -0.25) is 4.98 Å². The summed E-state index contributed by atoms with van der Waals surface area (Å²) >= 11 is 0. The lowest BCUT2D eigenvalue weighted by Gasteiger charge is -2.10. The number of nitriles is 2. The maximum absolute atomic E-state index is 9.59. The van der Waals surface area contributed by atoms with Crippen molar-refractivity contribution in [3.8, 4) is 45.8 Å². The Morgan fingerprint density at radius 1 is 0.418 bits per heavy atom. The van der Waals surface area contributed by atoms with Crippen molar-refractivity contribution in [1.29, 1.82) is 10.5 Å². The summed E-state index contributed by atoms with van der Waals surface area (Å²) in [7, 11) is 0. The maximum Gasteiger partial charge on any atom is 0.136 e. The van der Waals surface area contributed by atoms with E-state index in [1.807, 2.05) is 24.5 Å². The molecular weight excluding hydrogens is 675 g/mol. The van der Waals surface area contributed by atoms with Crippen LogP contribution >= 0.6 is 0 Å². The molecule has 0 radical (unpaired) electrons. The highest BCUT2D eigenvalue weighted by Gasteiger charge is 2.18. The minimum Gasteiger partial charge on any atom is -0.456 e. The van der Waals surface area contributed by atoms with Gasteiger partial charge in [0.25, 0.3) is 0 Å². The number of hydrogen-bond acceptors (Lipinski definition) is 4. The van der Waals surface area contributed by atoms with E-state index in [-0.39, 0.29) is 0 Å². The van der Waals surface area contributed by atoms with Crippen LogP contribution in [-0.2, 0) is 0 Å². The molecule has 0 aliphatic rings. The van der Waals surface area contributed by atoms with Crippen LogP contribution in [0.3, 0.4) is 0 Å². The van der Waals surface area contributed by atoms with Gasteiger partial charge in [0.2, 0.25) is 0 Å². The smallest absolute Gasteiger partial charge is 0.136 e. The molecule has 0 bridgehead atoms. The lowest BCUT2D eigenvalue weighted by Crippen LogP contribution is -1.94. The van der Waals surface area contributed by atoms with E-state index in [9.17, 15) is 10.5 Å². The Kier molecular flexibility index (Phi) is 6.58. The van der Waals surface area contributed by atoms with Crippen molar-refractivity contribution in [2.45, 2.75) is 0 Å². The summed E-state index contributed by atoms with van der Waals surface area (Å²) in [6.07, 6.45) is 3.81. The Hall–Kier alpha value is -7.93. The van der Waals surface area contributed by atoms with Gasteiger partial charge in [-0.1, -0.05) is 66.7 Å². The second-order valence-electron chi connectivity index (χ2n) is 13.9. The lowest BCUT2D eigenvalue weighted by atomic mass is 10.00. The third-order valence-electron chi connectivity index (χ3n) is 10.9. The molecule has 0 atom stereocenters. The molecule has 0 amide bonds. The maximum atomic E-state index is 9.59. The highest BCUT2D eigenvalue weighted by Crippen LogP contribution is 2.41. The van der Waals surface area contributed by atoms with Crippen LogP contribution in [0.4, 0.5) is 0 Å². The quantitative estimate of drug-likeness (QED) is 0.183. The van der Waals surface area contributed by atoms with Crippen LogP contribution in [0, 0.1) is 22.7 Å². The van der Waals surface area contributed by atoms with E-state index in [1.54, 1.807) is 12.1 Å². The lowest BCUT2D eigenvalue weighted by molar-refractivity contribution is 0.669. The number of benzene rings is 7. The molecule has 6 nitrogen and oxygen atoms in total. The van der Waals surface area contributed by atoms with Crippen LogP contribution < -0.4 is 0 Å². The van der Waals surface area contributed by atoms with Crippen molar-refractivity contribution in [3.63, 3.8) is 0 Å². The van der Waals surface area contributed by atoms with Crippen molar-refractivity contribution in [2.24, 2.45) is 0 Å².